The van der Waals surface area contributed by atoms with E-state index in [1.807, 2.05) is 18.7 Å². The number of hydrogen-bond donors (Lipinski definition) is 1. The van der Waals surface area contributed by atoms with Gasteiger partial charge in [-0.3, -0.25) is 19.0 Å². The van der Waals surface area contributed by atoms with Gasteiger partial charge in [-0.2, -0.15) is 0 Å². The maximum absolute atomic E-state index is 13.0. The minimum Gasteiger partial charge on any atom is -0.349 e. The number of hydrogen-bond acceptors (Lipinski definition) is 5. The second-order valence-corrected chi connectivity index (χ2v) is 9.44. The fourth-order valence-corrected chi connectivity index (χ4v) is 5.03. The fraction of sp³-hybridized carbons (Fsp3) is 0.619. The van der Waals surface area contributed by atoms with Crippen LogP contribution in [0.5, 0.6) is 0 Å². The third kappa shape index (κ3) is 4.52. The number of carbonyl (C=O) groups excluding carboxylic acids is 2. The number of carbonyl (C=O) groups is 2. The molecule has 3 heterocycles. The van der Waals surface area contributed by atoms with Gasteiger partial charge in [0, 0.05) is 19.1 Å². The van der Waals surface area contributed by atoms with Crippen LogP contribution in [0, 0.1) is 18.8 Å². The second-order valence-electron chi connectivity index (χ2n) is 8.44. The molecular formula is C21H30N4O3S. The molecule has 0 bridgehead atoms. The van der Waals surface area contributed by atoms with Gasteiger partial charge in [0.2, 0.25) is 5.91 Å². The predicted octanol–water partition coefficient (Wildman–Crippen LogP) is 2.80. The Bertz CT molecular complexity index is 970. The van der Waals surface area contributed by atoms with Gasteiger partial charge >= 0.3 is 0 Å². The molecule has 0 aliphatic carbocycles. The van der Waals surface area contributed by atoms with Crippen molar-refractivity contribution in [3.8, 4) is 0 Å². The van der Waals surface area contributed by atoms with Crippen molar-refractivity contribution < 1.29 is 9.59 Å². The Balaban J connectivity index is 1.86. The van der Waals surface area contributed by atoms with Crippen molar-refractivity contribution in [2.24, 2.45) is 11.8 Å². The van der Waals surface area contributed by atoms with E-state index in [9.17, 15) is 14.4 Å². The van der Waals surface area contributed by atoms with Gasteiger partial charge in [-0.1, -0.05) is 20.8 Å². The summed E-state index contributed by atoms with van der Waals surface area (Å²) >= 11 is 1.22. The van der Waals surface area contributed by atoms with E-state index in [4.69, 9.17) is 0 Å². The number of thiophene rings is 1. The van der Waals surface area contributed by atoms with E-state index in [-0.39, 0.29) is 30.0 Å². The summed E-state index contributed by atoms with van der Waals surface area (Å²) in [6, 6.07) is 0.0590. The fourth-order valence-electron chi connectivity index (χ4n) is 3.99. The molecule has 2 aromatic rings. The van der Waals surface area contributed by atoms with Gasteiger partial charge in [0.15, 0.2) is 0 Å². The normalized spacial score (nSPS) is 20.7. The molecule has 2 aromatic heterocycles. The zero-order valence-electron chi connectivity index (χ0n) is 17.8. The Morgan fingerprint density at radius 2 is 1.97 bits per heavy atom. The van der Waals surface area contributed by atoms with Crippen LogP contribution in [-0.4, -0.2) is 45.4 Å². The molecule has 3 rings (SSSR count). The van der Waals surface area contributed by atoms with Crippen molar-refractivity contribution in [2.45, 2.75) is 60.0 Å². The van der Waals surface area contributed by atoms with Gasteiger partial charge in [0.25, 0.3) is 11.5 Å². The summed E-state index contributed by atoms with van der Waals surface area (Å²) in [6.45, 7) is 11.4. The van der Waals surface area contributed by atoms with E-state index in [2.05, 4.69) is 24.1 Å². The third-order valence-electron chi connectivity index (χ3n) is 5.64. The summed E-state index contributed by atoms with van der Waals surface area (Å²) in [5, 5.41) is 3.37. The molecule has 0 radical (unpaired) electrons. The maximum Gasteiger partial charge on any atom is 0.262 e. The first-order valence-electron chi connectivity index (χ1n) is 10.3. The topological polar surface area (TPSA) is 84.3 Å². The average Bonchev–Trinajstić information content (AvgIpc) is 3.00. The molecule has 2 amide bonds. The molecule has 0 aromatic carbocycles. The Labute approximate surface area is 175 Å². The molecule has 1 saturated heterocycles. The molecule has 0 saturated carbocycles. The number of piperidine rings is 1. The second kappa shape index (κ2) is 8.65. The van der Waals surface area contributed by atoms with Crippen molar-refractivity contribution in [1.29, 1.82) is 0 Å². The lowest BCUT2D eigenvalue weighted by atomic mass is 9.92. The molecule has 1 fully saturated rings. The summed E-state index contributed by atoms with van der Waals surface area (Å²) in [4.78, 5) is 45.6. The van der Waals surface area contributed by atoms with Gasteiger partial charge in [0.1, 0.15) is 11.4 Å². The maximum atomic E-state index is 13.0. The highest BCUT2D eigenvalue weighted by Gasteiger charge is 2.26. The van der Waals surface area contributed by atoms with Crippen LogP contribution < -0.4 is 10.9 Å². The Kier molecular flexibility index (Phi) is 6.41. The summed E-state index contributed by atoms with van der Waals surface area (Å²) in [7, 11) is 0. The predicted molar refractivity (Wildman–Crippen MR) is 115 cm³/mol. The van der Waals surface area contributed by atoms with Crippen molar-refractivity contribution in [2.75, 3.05) is 13.1 Å². The number of nitrogens with zero attached hydrogens (tertiary/aromatic N) is 3. The van der Waals surface area contributed by atoms with Crippen molar-refractivity contribution in [3.05, 3.63) is 27.1 Å². The third-order valence-corrected chi connectivity index (χ3v) is 6.84. The van der Waals surface area contributed by atoms with E-state index in [0.29, 0.717) is 32.5 Å². The number of nitrogens with one attached hydrogen (secondary N) is 1. The van der Waals surface area contributed by atoms with Crippen LogP contribution in [0.25, 0.3) is 10.2 Å². The summed E-state index contributed by atoms with van der Waals surface area (Å²) < 4.78 is 1.37. The van der Waals surface area contributed by atoms with Crippen LogP contribution in [0.1, 0.15) is 55.8 Å². The first-order valence-corrected chi connectivity index (χ1v) is 11.1. The Morgan fingerprint density at radius 3 is 2.59 bits per heavy atom. The lowest BCUT2D eigenvalue weighted by molar-refractivity contribution is -0.134. The van der Waals surface area contributed by atoms with E-state index in [1.165, 1.54) is 22.2 Å². The molecule has 1 N–H and O–H groups in total. The monoisotopic (exact) mass is 418 g/mol. The molecule has 3 atom stereocenters. The lowest BCUT2D eigenvalue weighted by Crippen LogP contribution is -2.44. The van der Waals surface area contributed by atoms with Crippen LogP contribution in [0.2, 0.25) is 0 Å². The van der Waals surface area contributed by atoms with Crippen LogP contribution in [0.15, 0.2) is 11.1 Å². The summed E-state index contributed by atoms with van der Waals surface area (Å²) in [5.74, 6) is 0.684. The number of likely N-dealkylation sites (tertiary alicyclic amines) is 1. The number of aryl methyl sites for hydroxylation is 1. The number of aromatic nitrogens is 2. The van der Waals surface area contributed by atoms with E-state index < -0.39 is 0 Å². The van der Waals surface area contributed by atoms with Gasteiger partial charge < -0.3 is 10.2 Å². The van der Waals surface area contributed by atoms with Gasteiger partial charge in [-0.15, -0.1) is 11.3 Å². The van der Waals surface area contributed by atoms with Gasteiger partial charge in [0.05, 0.1) is 16.6 Å². The molecule has 1 aliphatic heterocycles. The first kappa shape index (κ1) is 21.5. The largest absolute Gasteiger partial charge is 0.349 e. The smallest absolute Gasteiger partial charge is 0.262 e. The zero-order chi connectivity index (χ0) is 21.3. The van der Waals surface area contributed by atoms with E-state index in [0.717, 1.165) is 25.9 Å². The van der Waals surface area contributed by atoms with Crippen LogP contribution in [0.3, 0.4) is 0 Å². The molecule has 7 nitrogen and oxygen atoms in total. The van der Waals surface area contributed by atoms with Crippen LogP contribution >= 0.6 is 11.3 Å². The number of rotatable bonds is 5. The molecule has 8 heteroatoms. The molecule has 3 unspecified atom stereocenters. The molecular weight excluding hydrogens is 388 g/mol. The van der Waals surface area contributed by atoms with E-state index >= 15 is 0 Å². The molecule has 29 heavy (non-hydrogen) atoms. The minimum absolute atomic E-state index is 0.0229. The lowest BCUT2D eigenvalue weighted by Gasteiger charge is -2.35. The van der Waals surface area contributed by atoms with Crippen molar-refractivity contribution in [3.63, 3.8) is 0 Å². The highest BCUT2D eigenvalue weighted by Crippen LogP contribution is 2.27. The van der Waals surface area contributed by atoms with E-state index in [1.54, 1.807) is 6.92 Å². The molecule has 158 valence electrons. The Morgan fingerprint density at radius 1 is 1.31 bits per heavy atom. The standard InChI is InChI=1S/C21H30N4O3S/c1-6-14(4)23-19(27)18-15(5)17-20(29-18)22-11-25(21(17)28)10-16(26)24-8-12(2)7-13(3)9-24/h11-14H,6-10H2,1-5H3,(H,23,27). The first-order chi connectivity index (χ1) is 13.7. The highest BCUT2D eigenvalue weighted by molar-refractivity contribution is 7.20. The van der Waals surface area contributed by atoms with Crippen molar-refractivity contribution >= 4 is 33.4 Å². The van der Waals surface area contributed by atoms with Crippen molar-refractivity contribution in [1.82, 2.24) is 19.8 Å². The van der Waals surface area contributed by atoms with Crippen LogP contribution in [0.4, 0.5) is 0 Å². The Hall–Kier alpha value is -2.22. The zero-order valence-corrected chi connectivity index (χ0v) is 18.6. The summed E-state index contributed by atoms with van der Waals surface area (Å²) in [5.41, 5.74) is 0.364. The molecule has 1 aliphatic rings. The van der Waals surface area contributed by atoms with Crippen LogP contribution in [-0.2, 0) is 11.3 Å². The van der Waals surface area contributed by atoms with Gasteiger partial charge in [-0.25, -0.2) is 4.98 Å². The van der Waals surface area contributed by atoms with Gasteiger partial charge in [-0.05, 0) is 44.1 Å². The minimum atomic E-state index is -0.266. The summed E-state index contributed by atoms with van der Waals surface area (Å²) in [6.07, 6.45) is 3.37. The quantitative estimate of drug-likeness (QED) is 0.809. The number of amides is 2. The number of fused-ring (bicyclic) bond motifs is 1. The molecule has 0 spiro atoms. The highest BCUT2D eigenvalue weighted by atomic mass is 32.1. The SMILES string of the molecule is CCC(C)NC(=O)c1sc2ncn(CC(=O)N3CC(C)CC(C)C3)c(=O)c2c1C. The average molecular weight is 419 g/mol.